The first-order valence-electron chi connectivity index (χ1n) is 27.6. The maximum Gasteiger partial charge on any atom is 0.306 e. The maximum absolute atomic E-state index is 12.8. The molecule has 0 aromatic carbocycles. The molecule has 0 aliphatic rings. The molecule has 0 N–H and O–H groups in total. The summed E-state index contributed by atoms with van der Waals surface area (Å²) >= 11 is 0. The van der Waals surface area contributed by atoms with Gasteiger partial charge in [0.1, 0.15) is 13.2 Å². The van der Waals surface area contributed by atoms with Crippen molar-refractivity contribution in [2.24, 2.45) is 17.8 Å². The van der Waals surface area contributed by atoms with Gasteiger partial charge < -0.3 is 14.2 Å². The molecule has 62 heavy (non-hydrogen) atoms. The van der Waals surface area contributed by atoms with Crippen LogP contribution < -0.4 is 0 Å². The summed E-state index contributed by atoms with van der Waals surface area (Å²) in [6.45, 7) is 13.7. The molecule has 0 aromatic rings. The average Bonchev–Trinajstić information content (AvgIpc) is 3.23. The maximum atomic E-state index is 12.8. The fourth-order valence-corrected chi connectivity index (χ4v) is 8.47. The van der Waals surface area contributed by atoms with Crippen LogP contribution in [0.15, 0.2) is 0 Å². The summed E-state index contributed by atoms with van der Waals surface area (Å²) in [7, 11) is 0. The van der Waals surface area contributed by atoms with Crippen LogP contribution in [0.2, 0.25) is 0 Å². The number of esters is 3. The predicted molar refractivity (Wildman–Crippen MR) is 266 cm³/mol. The van der Waals surface area contributed by atoms with Gasteiger partial charge in [-0.05, 0) is 37.0 Å². The molecule has 0 bridgehead atoms. The van der Waals surface area contributed by atoms with Crippen molar-refractivity contribution in [3.05, 3.63) is 0 Å². The Morgan fingerprint density at radius 2 is 0.468 bits per heavy atom. The van der Waals surface area contributed by atoms with E-state index in [9.17, 15) is 14.4 Å². The highest BCUT2D eigenvalue weighted by Gasteiger charge is 2.19. The summed E-state index contributed by atoms with van der Waals surface area (Å²) < 4.78 is 16.8. The largest absolute Gasteiger partial charge is 0.462 e. The van der Waals surface area contributed by atoms with Crippen LogP contribution in [0.5, 0.6) is 0 Å². The van der Waals surface area contributed by atoms with Gasteiger partial charge in [-0.25, -0.2) is 0 Å². The number of carbonyl (C=O) groups is 3. The molecular formula is C56H108O6. The smallest absolute Gasteiger partial charge is 0.306 e. The Labute approximate surface area is 387 Å². The average molecular weight is 877 g/mol. The van der Waals surface area contributed by atoms with Crippen LogP contribution in [-0.2, 0) is 28.6 Å². The molecule has 0 heterocycles. The second kappa shape index (κ2) is 47.4. The minimum absolute atomic E-state index is 0.0644. The third kappa shape index (κ3) is 49.4. The molecule has 0 saturated heterocycles. The lowest BCUT2D eigenvalue weighted by Gasteiger charge is -2.18. The number of ether oxygens (including phenoxy) is 3. The summed E-state index contributed by atoms with van der Waals surface area (Å²) in [4.78, 5) is 38.0. The van der Waals surface area contributed by atoms with Gasteiger partial charge in [0, 0.05) is 19.3 Å². The molecule has 6 nitrogen and oxygen atoms in total. The second-order valence-electron chi connectivity index (χ2n) is 20.6. The number of carbonyl (C=O) groups excluding carboxylic acids is 3. The van der Waals surface area contributed by atoms with Crippen LogP contribution in [0.25, 0.3) is 0 Å². The Morgan fingerprint density at radius 3 is 0.694 bits per heavy atom. The van der Waals surface area contributed by atoms with E-state index in [1.54, 1.807) is 0 Å². The zero-order chi connectivity index (χ0) is 45.6. The minimum atomic E-state index is -0.763. The van der Waals surface area contributed by atoms with E-state index in [0.717, 1.165) is 75.5 Å². The molecule has 6 heteroatoms. The fraction of sp³-hybridized carbons (Fsp3) is 0.946. The zero-order valence-corrected chi connectivity index (χ0v) is 42.7. The van der Waals surface area contributed by atoms with Crippen molar-refractivity contribution >= 4 is 17.9 Å². The minimum Gasteiger partial charge on any atom is -0.462 e. The van der Waals surface area contributed by atoms with Crippen molar-refractivity contribution in [1.82, 2.24) is 0 Å². The number of hydrogen-bond acceptors (Lipinski definition) is 6. The van der Waals surface area contributed by atoms with E-state index >= 15 is 0 Å². The highest BCUT2D eigenvalue weighted by atomic mass is 16.6. The summed E-state index contributed by atoms with van der Waals surface area (Å²) in [5, 5.41) is 0. The van der Waals surface area contributed by atoms with Gasteiger partial charge in [-0.2, -0.15) is 0 Å². The van der Waals surface area contributed by atoms with E-state index < -0.39 is 6.10 Å². The molecule has 0 aromatic heterocycles. The topological polar surface area (TPSA) is 78.9 Å². The summed E-state index contributed by atoms with van der Waals surface area (Å²) in [5.41, 5.74) is 0. The molecule has 0 aliphatic carbocycles. The van der Waals surface area contributed by atoms with Gasteiger partial charge in [-0.3, -0.25) is 14.4 Å². The number of hydrogen-bond donors (Lipinski definition) is 0. The van der Waals surface area contributed by atoms with Crippen molar-refractivity contribution in [1.29, 1.82) is 0 Å². The van der Waals surface area contributed by atoms with Gasteiger partial charge in [-0.1, -0.05) is 266 Å². The Kier molecular flexibility index (Phi) is 46.2. The van der Waals surface area contributed by atoms with E-state index in [4.69, 9.17) is 14.2 Å². The van der Waals surface area contributed by atoms with Crippen molar-refractivity contribution in [3.8, 4) is 0 Å². The van der Waals surface area contributed by atoms with Crippen molar-refractivity contribution in [2.75, 3.05) is 13.2 Å². The van der Waals surface area contributed by atoms with E-state index in [1.165, 1.54) is 186 Å². The molecule has 0 aliphatic heterocycles. The van der Waals surface area contributed by atoms with Crippen LogP contribution >= 0.6 is 0 Å². The van der Waals surface area contributed by atoms with Gasteiger partial charge in [0.05, 0.1) is 0 Å². The fourth-order valence-electron chi connectivity index (χ4n) is 8.47. The number of rotatable bonds is 49. The quantitative estimate of drug-likeness (QED) is 0.0344. The third-order valence-electron chi connectivity index (χ3n) is 12.6. The Morgan fingerprint density at radius 1 is 0.274 bits per heavy atom. The van der Waals surface area contributed by atoms with E-state index in [1.807, 2.05) is 0 Å². The Bertz CT molecular complexity index is 960. The SMILES string of the molecule is CC(C)CCCCCCCCCCCCCCCCCC(=O)O[C@H](COC(=O)CCCCCCCCCCCCCCCC(C)C)COC(=O)CCCCCCCCCC(C)C. The van der Waals surface area contributed by atoms with Crippen molar-refractivity contribution in [2.45, 2.75) is 311 Å². The normalized spacial score (nSPS) is 12.1. The van der Waals surface area contributed by atoms with E-state index in [0.29, 0.717) is 19.3 Å². The predicted octanol–water partition coefficient (Wildman–Crippen LogP) is 17.9. The molecule has 368 valence electrons. The molecule has 0 saturated carbocycles. The molecule has 1 atom stereocenters. The third-order valence-corrected chi connectivity index (χ3v) is 12.6. The Hall–Kier alpha value is -1.59. The lowest BCUT2D eigenvalue weighted by atomic mass is 10.0. The van der Waals surface area contributed by atoms with Crippen LogP contribution in [0.1, 0.15) is 305 Å². The monoisotopic (exact) mass is 877 g/mol. The second-order valence-corrected chi connectivity index (χ2v) is 20.6. The van der Waals surface area contributed by atoms with Gasteiger partial charge in [-0.15, -0.1) is 0 Å². The van der Waals surface area contributed by atoms with Crippen molar-refractivity contribution in [3.63, 3.8) is 0 Å². The summed E-state index contributed by atoms with van der Waals surface area (Å²) in [6, 6.07) is 0. The molecule has 0 radical (unpaired) electrons. The first-order valence-corrected chi connectivity index (χ1v) is 27.6. The standard InChI is InChI=1S/C56H108O6/c1-50(2)42-36-30-24-19-15-11-8-7-9-13-18-22-28-35-41-47-56(59)62-53(49-61-55(58)46-40-34-29-23-26-32-38-44-52(5)6)48-60-54(57)45-39-33-27-21-17-14-10-12-16-20-25-31-37-43-51(3)4/h50-53H,7-49H2,1-6H3/t53-/m1/s1. The Balaban J connectivity index is 4.26. The highest BCUT2D eigenvalue weighted by Crippen LogP contribution is 2.18. The molecule has 0 amide bonds. The summed E-state index contributed by atoms with van der Waals surface area (Å²) in [5.74, 6) is 1.62. The first kappa shape index (κ1) is 60.4. The lowest BCUT2D eigenvalue weighted by Crippen LogP contribution is -2.30. The van der Waals surface area contributed by atoms with Crippen molar-refractivity contribution < 1.29 is 28.6 Å². The van der Waals surface area contributed by atoms with E-state index in [-0.39, 0.29) is 31.1 Å². The van der Waals surface area contributed by atoms with Gasteiger partial charge in [0.2, 0.25) is 0 Å². The number of unbranched alkanes of at least 4 members (excludes halogenated alkanes) is 32. The van der Waals surface area contributed by atoms with E-state index in [2.05, 4.69) is 41.5 Å². The van der Waals surface area contributed by atoms with Crippen LogP contribution in [0.4, 0.5) is 0 Å². The highest BCUT2D eigenvalue weighted by molar-refractivity contribution is 5.71. The van der Waals surface area contributed by atoms with Gasteiger partial charge >= 0.3 is 17.9 Å². The molecule has 0 unspecified atom stereocenters. The lowest BCUT2D eigenvalue weighted by molar-refractivity contribution is -0.167. The van der Waals surface area contributed by atoms with Gasteiger partial charge in [0.15, 0.2) is 6.10 Å². The summed E-state index contributed by atoms with van der Waals surface area (Å²) in [6.07, 6.45) is 48.2. The van der Waals surface area contributed by atoms with Crippen LogP contribution in [0.3, 0.4) is 0 Å². The molecule has 0 spiro atoms. The zero-order valence-electron chi connectivity index (χ0n) is 42.7. The van der Waals surface area contributed by atoms with Gasteiger partial charge in [0.25, 0.3) is 0 Å². The van der Waals surface area contributed by atoms with Crippen LogP contribution in [0, 0.1) is 17.8 Å². The molecule has 0 fully saturated rings. The van der Waals surface area contributed by atoms with Crippen LogP contribution in [-0.4, -0.2) is 37.2 Å². The molecular weight excluding hydrogens is 769 g/mol. The molecule has 0 rings (SSSR count). The first-order chi connectivity index (χ1) is 30.1.